The number of likely N-dealkylation sites (tertiary alicyclic amines) is 1. The third-order valence-electron chi connectivity index (χ3n) is 4.55. The molecule has 0 unspecified atom stereocenters. The number of carbonyl (C=O) groups is 1. The summed E-state index contributed by atoms with van der Waals surface area (Å²) in [5.74, 6) is 1.04. The lowest BCUT2D eigenvalue weighted by atomic mass is 9.97. The first kappa shape index (κ1) is 15.5. The highest BCUT2D eigenvalue weighted by atomic mass is 16.2. The van der Waals surface area contributed by atoms with Crippen molar-refractivity contribution in [2.75, 3.05) is 13.1 Å². The summed E-state index contributed by atoms with van der Waals surface area (Å²) in [7, 11) is 1.93. The number of piperidine rings is 1. The molecule has 0 spiro atoms. The van der Waals surface area contributed by atoms with Crippen molar-refractivity contribution in [3.63, 3.8) is 0 Å². The normalized spacial score (nSPS) is 17.6. The molecular weight excluding hydrogens is 318 g/mol. The van der Waals surface area contributed by atoms with Gasteiger partial charge in [0, 0.05) is 26.1 Å². The van der Waals surface area contributed by atoms with E-state index in [1.807, 2.05) is 46.8 Å². The van der Waals surface area contributed by atoms with E-state index in [4.69, 9.17) is 0 Å². The Balaban J connectivity index is 1.51. The fourth-order valence-electron chi connectivity index (χ4n) is 3.26. The minimum atomic E-state index is -0.0888. The maximum absolute atomic E-state index is 12.8. The molecule has 3 heterocycles. The summed E-state index contributed by atoms with van der Waals surface area (Å²) in [5.41, 5.74) is 1.24. The SMILES string of the molecule is Cn1cnnc1[C@H]1CCCN(C(=O)c2cn(-c3ccccc3)nn2)C1. The summed E-state index contributed by atoms with van der Waals surface area (Å²) in [6, 6.07) is 9.64. The van der Waals surface area contributed by atoms with Gasteiger partial charge in [-0.3, -0.25) is 4.79 Å². The number of aromatic nitrogens is 6. The van der Waals surface area contributed by atoms with Crippen molar-refractivity contribution < 1.29 is 4.79 Å². The van der Waals surface area contributed by atoms with E-state index < -0.39 is 0 Å². The van der Waals surface area contributed by atoms with Crippen molar-refractivity contribution in [2.24, 2.45) is 7.05 Å². The Labute approximate surface area is 145 Å². The number of hydrogen-bond acceptors (Lipinski definition) is 5. The Morgan fingerprint density at radius 1 is 1.20 bits per heavy atom. The van der Waals surface area contributed by atoms with Crippen molar-refractivity contribution in [3.8, 4) is 5.69 Å². The molecule has 25 heavy (non-hydrogen) atoms. The molecule has 1 fully saturated rings. The van der Waals surface area contributed by atoms with Crippen LogP contribution in [0.15, 0.2) is 42.9 Å². The van der Waals surface area contributed by atoms with Gasteiger partial charge in [0.15, 0.2) is 5.69 Å². The Morgan fingerprint density at radius 3 is 2.80 bits per heavy atom. The highest BCUT2D eigenvalue weighted by Crippen LogP contribution is 2.25. The standard InChI is InChI=1S/C17H19N7O/c1-22-12-18-20-16(22)13-6-5-9-23(10-13)17(25)15-11-24(21-19-15)14-7-3-2-4-8-14/h2-4,7-8,11-13H,5-6,9-10H2,1H3/t13-/m0/s1. The highest BCUT2D eigenvalue weighted by molar-refractivity contribution is 5.92. The van der Waals surface area contributed by atoms with Crippen LogP contribution in [0.3, 0.4) is 0 Å². The summed E-state index contributed by atoms with van der Waals surface area (Å²) in [6.07, 6.45) is 5.33. The molecule has 0 bridgehead atoms. The molecule has 1 saturated heterocycles. The van der Waals surface area contributed by atoms with Crippen LogP contribution >= 0.6 is 0 Å². The van der Waals surface area contributed by atoms with Crippen LogP contribution in [0.1, 0.15) is 35.1 Å². The summed E-state index contributed by atoms with van der Waals surface area (Å²) in [6.45, 7) is 1.36. The molecule has 2 aromatic heterocycles. The van der Waals surface area contributed by atoms with Gasteiger partial charge in [-0.05, 0) is 25.0 Å². The van der Waals surface area contributed by atoms with Crippen molar-refractivity contribution in [2.45, 2.75) is 18.8 Å². The Bertz CT molecular complexity index is 870. The number of nitrogens with zero attached hydrogens (tertiary/aromatic N) is 7. The molecule has 1 atom stereocenters. The van der Waals surface area contributed by atoms with Gasteiger partial charge < -0.3 is 9.47 Å². The lowest BCUT2D eigenvalue weighted by molar-refractivity contribution is 0.0697. The summed E-state index contributed by atoms with van der Waals surface area (Å²) >= 11 is 0. The number of amides is 1. The molecule has 3 aromatic rings. The second-order valence-electron chi connectivity index (χ2n) is 6.27. The lowest BCUT2D eigenvalue weighted by Gasteiger charge is -2.31. The van der Waals surface area contributed by atoms with Crippen LogP contribution in [-0.4, -0.2) is 53.7 Å². The summed E-state index contributed by atoms with van der Waals surface area (Å²) in [4.78, 5) is 14.6. The molecule has 0 saturated carbocycles. The van der Waals surface area contributed by atoms with Gasteiger partial charge in [-0.15, -0.1) is 15.3 Å². The maximum Gasteiger partial charge on any atom is 0.276 e. The van der Waals surface area contributed by atoms with Gasteiger partial charge in [0.1, 0.15) is 12.2 Å². The van der Waals surface area contributed by atoms with E-state index in [0.29, 0.717) is 12.2 Å². The zero-order chi connectivity index (χ0) is 17.2. The smallest absolute Gasteiger partial charge is 0.276 e. The van der Waals surface area contributed by atoms with E-state index in [9.17, 15) is 4.79 Å². The van der Waals surface area contributed by atoms with E-state index in [1.54, 1.807) is 17.2 Å². The first-order valence-corrected chi connectivity index (χ1v) is 8.33. The molecule has 8 heteroatoms. The number of rotatable bonds is 3. The third-order valence-corrected chi connectivity index (χ3v) is 4.55. The van der Waals surface area contributed by atoms with E-state index in [-0.39, 0.29) is 11.8 Å². The quantitative estimate of drug-likeness (QED) is 0.722. The number of carbonyl (C=O) groups excluding carboxylic acids is 1. The van der Waals surface area contributed by atoms with Crippen LogP contribution in [0.2, 0.25) is 0 Å². The van der Waals surface area contributed by atoms with Gasteiger partial charge in [-0.25, -0.2) is 4.68 Å². The van der Waals surface area contributed by atoms with Crippen LogP contribution < -0.4 is 0 Å². The van der Waals surface area contributed by atoms with E-state index in [0.717, 1.165) is 30.9 Å². The average Bonchev–Trinajstić information content (AvgIpc) is 3.31. The largest absolute Gasteiger partial charge is 0.336 e. The topological polar surface area (TPSA) is 81.7 Å². The predicted molar refractivity (Wildman–Crippen MR) is 90.2 cm³/mol. The summed E-state index contributed by atoms with van der Waals surface area (Å²) < 4.78 is 3.54. The molecule has 4 rings (SSSR count). The molecule has 0 N–H and O–H groups in total. The van der Waals surface area contributed by atoms with E-state index in [1.165, 1.54) is 0 Å². The van der Waals surface area contributed by atoms with Crippen LogP contribution in [0.5, 0.6) is 0 Å². The molecule has 1 aliphatic rings. The van der Waals surface area contributed by atoms with E-state index in [2.05, 4.69) is 20.5 Å². The van der Waals surface area contributed by atoms with Gasteiger partial charge >= 0.3 is 0 Å². The molecule has 0 radical (unpaired) electrons. The monoisotopic (exact) mass is 337 g/mol. The molecular formula is C17H19N7O. The van der Waals surface area contributed by atoms with Gasteiger partial charge in [-0.2, -0.15) is 0 Å². The minimum absolute atomic E-state index is 0.0888. The zero-order valence-corrected chi connectivity index (χ0v) is 14.0. The molecule has 1 amide bonds. The number of para-hydroxylation sites is 1. The maximum atomic E-state index is 12.8. The van der Waals surface area contributed by atoms with Crippen molar-refractivity contribution in [1.82, 2.24) is 34.7 Å². The van der Waals surface area contributed by atoms with Gasteiger partial charge in [0.2, 0.25) is 0 Å². The number of hydrogen-bond donors (Lipinski definition) is 0. The predicted octanol–water partition coefficient (Wildman–Crippen LogP) is 1.42. The third kappa shape index (κ3) is 3.02. The molecule has 0 aliphatic carbocycles. The minimum Gasteiger partial charge on any atom is -0.336 e. The fourth-order valence-corrected chi connectivity index (χ4v) is 3.26. The zero-order valence-electron chi connectivity index (χ0n) is 14.0. The van der Waals surface area contributed by atoms with Gasteiger partial charge in [-0.1, -0.05) is 23.4 Å². The van der Waals surface area contributed by atoms with Crippen LogP contribution in [0.4, 0.5) is 0 Å². The average molecular weight is 337 g/mol. The lowest BCUT2D eigenvalue weighted by Crippen LogP contribution is -2.39. The van der Waals surface area contributed by atoms with Crippen molar-refractivity contribution in [3.05, 3.63) is 54.4 Å². The molecule has 1 aliphatic heterocycles. The Morgan fingerprint density at radius 2 is 2.04 bits per heavy atom. The van der Waals surface area contributed by atoms with Crippen LogP contribution in [-0.2, 0) is 7.05 Å². The highest BCUT2D eigenvalue weighted by Gasteiger charge is 2.29. The first-order valence-electron chi connectivity index (χ1n) is 8.33. The second kappa shape index (κ2) is 6.46. The number of benzene rings is 1. The molecule has 1 aromatic carbocycles. The van der Waals surface area contributed by atoms with Crippen molar-refractivity contribution in [1.29, 1.82) is 0 Å². The Kier molecular flexibility index (Phi) is 4.01. The summed E-state index contributed by atoms with van der Waals surface area (Å²) in [5, 5.41) is 16.3. The van der Waals surface area contributed by atoms with Gasteiger partial charge in [0.05, 0.1) is 11.9 Å². The Hall–Kier alpha value is -3.03. The number of aryl methyl sites for hydroxylation is 1. The van der Waals surface area contributed by atoms with E-state index >= 15 is 0 Å². The van der Waals surface area contributed by atoms with Gasteiger partial charge in [0.25, 0.3) is 5.91 Å². The van der Waals surface area contributed by atoms with Crippen LogP contribution in [0.25, 0.3) is 5.69 Å². The van der Waals surface area contributed by atoms with Crippen LogP contribution in [0, 0.1) is 0 Å². The second-order valence-corrected chi connectivity index (χ2v) is 6.27. The molecule has 128 valence electrons. The fraction of sp³-hybridized carbons (Fsp3) is 0.353. The molecule has 8 nitrogen and oxygen atoms in total. The van der Waals surface area contributed by atoms with Crippen molar-refractivity contribution >= 4 is 5.91 Å². The first-order chi connectivity index (χ1) is 12.2.